The van der Waals surface area contributed by atoms with Gasteiger partial charge in [0.1, 0.15) is 0 Å². The third kappa shape index (κ3) is 5.64. The maximum Gasteiger partial charge on any atom is 0.228 e. The van der Waals surface area contributed by atoms with Gasteiger partial charge in [0.2, 0.25) is 5.91 Å². The van der Waals surface area contributed by atoms with Crippen molar-refractivity contribution in [2.45, 2.75) is 31.2 Å². The van der Waals surface area contributed by atoms with Crippen LogP contribution in [-0.2, 0) is 34.0 Å². The molecule has 3 aromatic carbocycles. The van der Waals surface area contributed by atoms with E-state index in [0.717, 1.165) is 40.1 Å². The zero-order chi connectivity index (χ0) is 23.4. The van der Waals surface area contributed by atoms with Crippen molar-refractivity contribution in [2.24, 2.45) is 0 Å². The van der Waals surface area contributed by atoms with E-state index in [1.54, 1.807) is 31.2 Å². The Balaban J connectivity index is 1.38. The Hall–Kier alpha value is -3.09. The lowest BCUT2D eigenvalue weighted by Crippen LogP contribution is -2.14. The second-order valence-electron chi connectivity index (χ2n) is 7.93. The van der Waals surface area contributed by atoms with E-state index in [9.17, 15) is 13.2 Å². The molecule has 0 spiro atoms. The average molecular weight is 481 g/mol. The lowest BCUT2D eigenvalue weighted by Gasteiger charge is -2.09. The highest BCUT2D eigenvalue weighted by Crippen LogP contribution is 2.22. The number of carbonyl (C=O) groups excluding carboxylic acids is 1. The van der Waals surface area contributed by atoms with Crippen LogP contribution in [0.2, 0.25) is 5.02 Å². The lowest BCUT2D eigenvalue weighted by atomic mass is 10.1. The molecule has 4 aromatic rings. The van der Waals surface area contributed by atoms with Crippen molar-refractivity contribution in [3.63, 3.8) is 0 Å². The van der Waals surface area contributed by atoms with Crippen molar-refractivity contribution in [3.8, 4) is 0 Å². The van der Waals surface area contributed by atoms with E-state index in [4.69, 9.17) is 11.6 Å². The second kappa shape index (κ2) is 9.81. The smallest absolute Gasteiger partial charge is 0.228 e. The van der Waals surface area contributed by atoms with Crippen molar-refractivity contribution in [2.75, 3.05) is 11.1 Å². The molecule has 1 amide bonds. The topological polar surface area (TPSA) is 68.2 Å². The summed E-state index contributed by atoms with van der Waals surface area (Å²) >= 11 is 5.96. The molecule has 0 saturated carbocycles. The first kappa shape index (κ1) is 23.1. The summed E-state index contributed by atoms with van der Waals surface area (Å²) in [4.78, 5) is 12.8. The fraction of sp³-hybridized carbons (Fsp3) is 0.192. The number of nitrogens with zero attached hydrogens (tertiary/aromatic N) is 1. The number of anilines is 1. The molecule has 1 heterocycles. The van der Waals surface area contributed by atoms with E-state index < -0.39 is 9.84 Å². The molecule has 0 radical (unpaired) electrons. The number of hydrogen-bond donors (Lipinski definition) is 1. The van der Waals surface area contributed by atoms with Crippen molar-refractivity contribution in [1.29, 1.82) is 0 Å². The summed E-state index contributed by atoms with van der Waals surface area (Å²) in [5, 5.41) is 4.72. The monoisotopic (exact) mass is 480 g/mol. The molecule has 0 aliphatic carbocycles. The Morgan fingerprint density at radius 1 is 0.939 bits per heavy atom. The first-order chi connectivity index (χ1) is 15.8. The zero-order valence-corrected chi connectivity index (χ0v) is 19.9. The van der Waals surface area contributed by atoms with Crippen molar-refractivity contribution >= 4 is 43.9 Å². The van der Waals surface area contributed by atoms with Crippen LogP contribution in [0, 0.1) is 0 Å². The first-order valence-corrected chi connectivity index (χ1v) is 12.8. The standard InChI is InChI=1S/C26H25ClN2O3S/c1-2-33(31,32)24-10-5-20(6-11-24)17-26(30)28-23-9-12-25-21(18-23)14-16-29(25)15-13-19-3-7-22(27)8-4-19/h3-12,14,16,18H,2,13,15,17H2,1H3,(H,28,30). The highest BCUT2D eigenvalue weighted by molar-refractivity contribution is 7.91. The number of halogens is 1. The summed E-state index contributed by atoms with van der Waals surface area (Å²) < 4.78 is 26.0. The average Bonchev–Trinajstić information content (AvgIpc) is 3.21. The summed E-state index contributed by atoms with van der Waals surface area (Å²) in [6.45, 7) is 2.46. The van der Waals surface area contributed by atoms with Crippen molar-refractivity contribution < 1.29 is 13.2 Å². The van der Waals surface area contributed by atoms with Crippen molar-refractivity contribution in [3.05, 3.63) is 95.1 Å². The lowest BCUT2D eigenvalue weighted by molar-refractivity contribution is -0.115. The van der Waals surface area contributed by atoms with Crippen LogP contribution in [0.3, 0.4) is 0 Å². The van der Waals surface area contributed by atoms with Crippen LogP contribution in [0.15, 0.2) is 83.9 Å². The second-order valence-corrected chi connectivity index (χ2v) is 10.6. The van der Waals surface area contributed by atoms with E-state index in [1.807, 2.05) is 48.5 Å². The normalized spacial score (nSPS) is 11.6. The van der Waals surface area contributed by atoms with Gasteiger partial charge in [0, 0.05) is 34.4 Å². The predicted molar refractivity (Wildman–Crippen MR) is 134 cm³/mol. The van der Waals surface area contributed by atoms with Crippen molar-refractivity contribution in [1.82, 2.24) is 4.57 Å². The first-order valence-electron chi connectivity index (χ1n) is 10.8. The summed E-state index contributed by atoms with van der Waals surface area (Å²) in [6.07, 6.45) is 3.13. The number of sulfone groups is 1. The molecule has 33 heavy (non-hydrogen) atoms. The van der Waals surface area contributed by atoms with E-state index in [-0.39, 0.29) is 23.0 Å². The van der Waals surface area contributed by atoms with Gasteiger partial charge in [-0.25, -0.2) is 8.42 Å². The Morgan fingerprint density at radius 2 is 1.64 bits per heavy atom. The van der Waals surface area contributed by atoms with Gasteiger partial charge in [-0.15, -0.1) is 0 Å². The maximum absolute atomic E-state index is 12.5. The minimum atomic E-state index is -3.24. The van der Waals surface area contributed by atoms with Crippen LogP contribution in [0.4, 0.5) is 5.69 Å². The van der Waals surface area contributed by atoms with Crippen LogP contribution >= 0.6 is 11.6 Å². The fourth-order valence-corrected chi connectivity index (χ4v) is 4.76. The molecule has 0 atom stereocenters. The molecule has 0 saturated heterocycles. The Labute approximate surface area is 198 Å². The SMILES string of the molecule is CCS(=O)(=O)c1ccc(CC(=O)Nc2ccc3c(ccn3CCc3ccc(Cl)cc3)c2)cc1. The predicted octanol–water partition coefficient (Wildman–Crippen LogP) is 5.51. The molecular weight excluding hydrogens is 456 g/mol. The number of aromatic nitrogens is 1. The molecule has 5 nitrogen and oxygen atoms in total. The molecule has 0 unspecified atom stereocenters. The molecule has 4 rings (SSSR count). The number of hydrogen-bond acceptors (Lipinski definition) is 3. The highest BCUT2D eigenvalue weighted by Gasteiger charge is 2.12. The summed E-state index contributed by atoms with van der Waals surface area (Å²) in [6, 6.07) is 22.3. The highest BCUT2D eigenvalue weighted by atomic mass is 35.5. The quantitative estimate of drug-likeness (QED) is 0.361. The Morgan fingerprint density at radius 3 is 2.33 bits per heavy atom. The van der Waals surface area contributed by atoms with Crippen LogP contribution in [-0.4, -0.2) is 24.6 Å². The maximum atomic E-state index is 12.5. The fourth-order valence-electron chi connectivity index (χ4n) is 3.75. The van der Waals surface area contributed by atoms with Gasteiger partial charge in [0.15, 0.2) is 9.84 Å². The van der Waals surface area contributed by atoms with E-state index in [2.05, 4.69) is 16.1 Å². The molecular formula is C26H25ClN2O3S. The van der Waals surface area contributed by atoms with Crippen LogP contribution < -0.4 is 5.32 Å². The van der Waals surface area contributed by atoms with Crippen LogP contribution in [0.1, 0.15) is 18.1 Å². The molecule has 1 aromatic heterocycles. The summed E-state index contributed by atoms with van der Waals surface area (Å²) in [5.74, 6) is -0.0966. The van der Waals surface area contributed by atoms with Crippen LogP contribution in [0.5, 0.6) is 0 Å². The van der Waals surface area contributed by atoms with E-state index >= 15 is 0 Å². The zero-order valence-electron chi connectivity index (χ0n) is 18.3. The van der Waals surface area contributed by atoms with Gasteiger partial charge in [-0.3, -0.25) is 4.79 Å². The minimum Gasteiger partial charge on any atom is -0.347 e. The number of benzene rings is 3. The number of fused-ring (bicyclic) bond motifs is 1. The molecule has 170 valence electrons. The third-order valence-electron chi connectivity index (χ3n) is 5.64. The molecule has 0 bridgehead atoms. The van der Waals surface area contributed by atoms with Gasteiger partial charge in [0.25, 0.3) is 0 Å². The van der Waals surface area contributed by atoms with Gasteiger partial charge in [-0.1, -0.05) is 42.8 Å². The molecule has 0 aliphatic rings. The van der Waals surface area contributed by atoms with Gasteiger partial charge >= 0.3 is 0 Å². The number of carbonyl (C=O) groups is 1. The molecule has 7 heteroatoms. The summed E-state index contributed by atoms with van der Waals surface area (Å²) in [7, 11) is -3.24. The third-order valence-corrected chi connectivity index (χ3v) is 7.64. The van der Waals surface area contributed by atoms with E-state index in [1.165, 1.54) is 5.56 Å². The molecule has 1 N–H and O–H groups in total. The Bertz CT molecular complexity index is 1380. The number of aryl methyl sites for hydroxylation is 2. The van der Waals surface area contributed by atoms with Gasteiger partial charge in [-0.2, -0.15) is 0 Å². The number of nitrogens with one attached hydrogen (secondary N) is 1. The van der Waals surface area contributed by atoms with Crippen LogP contribution in [0.25, 0.3) is 10.9 Å². The number of amides is 1. The Kier molecular flexibility index (Phi) is 6.86. The number of rotatable bonds is 8. The largest absolute Gasteiger partial charge is 0.347 e. The minimum absolute atomic E-state index is 0.0537. The van der Waals surface area contributed by atoms with Gasteiger partial charge < -0.3 is 9.88 Å². The summed E-state index contributed by atoms with van der Waals surface area (Å²) in [5.41, 5.74) is 3.82. The van der Waals surface area contributed by atoms with Gasteiger partial charge in [0.05, 0.1) is 17.1 Å². The molecule has 0 aliphatic heterocycles. The van der Waals surface area contributed by atoms with E-state index in [0.29, 0.717) is 0 Å². The molecule has 0 fully saturated rings. The van der Waals surface area contributed by atoms with Gasteiger partial charge in [-0.05, 0) is 66.1 Å².